The second-order valence-electron chi connectivity index (χ2n) is 4.25. The van der Waals surface area contributed by atoms with Crippen molar-refractivity contribution >= 4 is 17.2 Å². The van der Waals surface area contributed by atoms with E-state index in [1.807, 2.05) is 26.2 Å². The molecule has 0 aromatic carbocycles. The van der Waals surface area contributed by atoms with Gasteiger partial charge in [0, 0.05) is 11.6 Å². The van der Waals surface area contributed by atoms with Crippen molar-refractivity contribution in [2.24, 2.45) is 11.7 Å². The van der Waals surface area contributed by atoms with E-state index in [-0.39, 0.29) is 17.9 Å². The van der Waals surface area contributed by atoms with Crippen molar-refractivity contribution < 1.29 is 4.79 Å². The quantitative estimate of drug-likeness (QED) is 0.818. The molecule has 0 aliphatic heterocycles. The molecule has 1 heterocycles. The topological polar surface area (TPSA) is 68.0 Å². The van der Waals surface area contributed by atoms with Crippen LogP contribution in [-0.4, -0.2) is 16.9 Å². The summed E-state index contributed by atoms with van der Waals surface area (Å²) in [5.41, 5.74) is 5.90. The third kappa shape index (κ3) is 3.78. The summed E-state index contributed by atoms with van der Waals surface area (Å²) in [6, 6.07) is -0.452. The van der Waals surface area contributed by atoms with Crippen LogP contribution in [0, 0.1) is 5.92 Å². The molecule has 3 atom stereocenters. The number of carbonyl (C=O) groups is 1. The number of nitrogens with zero attached hydrogens (tertiary/aromatic N) is 1. The number of thiazole rings is 1. The molecule has 0 saturated carbocycles. The predicted octanol–water partition coefficient (Wildman–Crippen LogP) is 2.08. The molecule has 4 nitrogen and oxygen atoms in total. The summed E-state index contributed by atoms with van der Waals surface area (Å²) in [6.45, 7) is 6.06. The Morgan fingerprint density at radius 1 is 1.53 bits per heavy atom. The molecule has 1 aromatic rings. The molecule has 5 heteroatoms. The zero-order chi connectivity index (χ0) is 12.8. The van der Waals surface area contributed by atoms with Crippen LogP contribution in [0.1, 0.15) is 44.7 Å². The SMILES string of the molecule is CCC(NC(=O)C(N)C(C)CC)c1nccs1. The first-order chi connectivity index (χ1) is 8.10. The standard InChI is InChI=1S/C12H21N3OS/c1-4-8(3)10(13)11(16)15-9(5-2)12-14-6-7-17-12/h6-10H,4-5,13H2,1-3H3,(H,15,16). The summed E-state index contributed by atoms with van der Waals surface area (Å²) >= 11 is 1.56. The summed E-state index contributed by atoms with van der Waals surface area (Å²) in [5, 5.41) is 5.83. The van der Waals surface area contributed by atoms with E-state index in [9.17, 15) is 4.79 Å². The normalized spacial score (nSPS) is 16.2. The van der Waals surface area contributed by atoms with Crippen molar-refractivity contribution in [3.05, 3.63) is 16.6 Å². The second kappa shape index (κ2) is 6.71. The number of hydrogen-bond acceptors (Lipinski definition) is 4. The van der Waals surface area contributed by atoms with Crippen LogP contribution in [0.25, 0.3) is 0 Å². The molecule has 17 heavy (non-hydrogen) atoms. The Hall–Kier alpha value is -0.940. The molecule has 0 bridgehead atoms. The first kappa shape index (κ1) is 14.1. The number of hydrogen-bond donors (Lipinski definition) is 2. The van der Waals surface area contributed by atoms with Gasteiger partial charge < -0.3 is 11.1 Å². The molecule has 0 aliphatic carbocycles. The van der Waals surface area contributed by atoms with Crippen LogP contribution in [0.15, 0.2) is 11.6 Å². The van der Waals surface area contributed by atoms with Gasteiger partial charge in [-0.2, -0.15) is 0 Å². The largest absolute Gasteiger partial charge is 0.346 e. The molecule has 0 fully saturated rings. The molecule has 3 unspecified atom stereocenters. The zero-order valence-corrected chi connectivity index (χ0v) is 11.5. The fraction of sp³-hybridized carbons (Fsp3) is 0.667. The van der Waals surface area contributed by atoms with Gasteiger partial charge in [-0.05, 0) is 12.3 Å². The van der Waals surface area contributed by atoms with Gasteiger partial charge in [0.05, 0.1) is 12.1 Å². The Balaban J connectivity index is 2.60. The summed E-state index contributed by atoms with van der Waals surface area (Å²) < 4.78 is 0. The van der Waals surface area contributed by atoms with Crippen LogP contribution in [0.3, 0.4) is 0 Å². The van der Waals surface area contributed by atoms with E-state index < -0.39 is 6.04 Å². The summed E-state index contributed by atoms with van der Waals surface area (Å²) in [4.78, 5) is 16.2. The molecule has 1 amide bonds. The Labute approximate surface area is 107 Å². The number of rotatable bonds is 6. The number of carbonyl (C=O) groups excluding carboxylic acids is 1. The van der Waals surface area contributed by atoms with Gasteiger partial charge in [0.2, 0.25) is 5.91 Å². The monoisotopic (exact) mass is 255 g/mol. The first-order valence-corrected chi connectivity index (χ1v) is 6.93. The second-order valence-corrected chi connectivity index (χ2v) is 5.18. The molecule has 0 saturated heterocycles. The van der Waals surface area contributed by atoms with Gasteiger partial charge in [0.25, 0.3) is 0 Å². The minimum atomic E-state index is -0.436. The Morgan fingerprint density at radius 3 is 2.71 bits per heavy atom. The average molecular weight is 255 g/mol. The van der Waals surface area contributed by atoms with Crippen LogP contribution in [-0.2, 0) is 4.79 Å². The lowest BCUT2D eigenvalue weighted by Crippen LogP contribution is -2.45. The van der Waals surface area contributed by atoms with Crippen LogP contribution >= 0.6 is 11.3 Å². The maximum Gasteiger partial charge on any atom is 0.237 e. The molecule has 0 radical (unpaired) electrons. The fourth-order valence-electron chi connectivity index (χ4n) is 1.53. The van der Waals surface area contributed by atoms with Gasteiger partial charge >= 0.3 is 0 Å². The highest BCUT2D eigenvalue weighted by molar-refractivity contribution is 7.09. The maximum absolute atomic E-state index is 11.9. The summed E-state index contributed by atoms with van der Waals surface area (Å²) in [6.07, 6.45) is 3.48. The van der Waals surface area contributed by atoms with Gasteiger partial charge in [-0.15, -0.1) is 11.3 Å². The van der Waals surface area contributed by atoms with E-state index in [4.69, 9.17) is 5.73 Å². The van der Waals surface area contributed by atoms with Crippen molar-refractivity contribution in [1.29, 1.82) is 0 Å². The highest BCUT2D eigenvalue weighted by Crippen LogP contribution is 2.19. The van der Waals surface area contributed by atoms with E-state index in [0.717, 1.165) is 17.8 Å². The first-order valence-electron chi connectivity index (χ1n) is 6.05. The number of nitrogens with two attached hydrogens (primary N) is 1. The minimum Gasteiger partial charge on any atom is -0.346 e. The third-order valence-electron chi connectivity index (χ3n) is 3.03. The smallest absolute Gasteiger partial charge is 0.237 e. The van der Waals surface area contributed by atoms with Crippen molar-refractivity contribution in [3.8, 4) is 0 Å². The van der Waals surface area contributed by atoms with E-state index in [2.05, 4.69) is 10.3 Å². The third-order valence-corrected chi connectivity index (χ3v) is 3.92. The van der Waals surface area contributed by atoms with Gasteiger partial charge in [-0.25, -0.2) is 4.98 Å². The molecule has 3 N–H and O–H groups in total. The van der Waals surface area contributed by atoms with E-state index in [0.29, 0.717) is 0 Å². The molecule has 1 aromatic heterocycles. The molecule has 0 aliphatic rings. The highest BCUT2D eigenvalue weighted by Gasteiger charge is 2.23. The predicted molar refractivity (Wildman–Crippen MR) is 70.7 cm³/mol. The fourth-order valence-corrected chi connectivity index (χ4v) is 2.30. The lowest BCUT2D eigenvalue weighted by atomic mass is 9.99. The van der Waals surface area contributed by atoms with E-state index in [1.165, 1.54) is 0 Å². The number of amides is 1. The molecular formula is C12H21N3OS. The van der Waals surface area contributed by atoms with Crippen molar-refractivity contribution in [2.75, 3.05) is 0 Å². The highest BCUT2D eigenvalue weighted by atomic mass is 32.1. The van der Waals surface area contributed by atoms with Crippen molar-refractivity contribution in [3.63, 3.8) is 0 Å². The average Bonchev–Trinajstić information content (AvgIpc) is 2.87. The molecule has 0 spiro atoms. The molecule has 1 rings (SSSR count). The van der Waals surface area contributed by atoms with Gasteiger partial charge in [-0.1, -0.05) is 27.2 Å². The Kier molecular flexibility index (Phi) is 5.58. The minimum absolute atomic E-state index is 0.0161. The Morgan fingerprint density at radius 2 is 2.24 bits per heavy atom. The maximum atomic E-state index is 11.9. The lowest BCUT2D eigenvalue weighted by Gasteiger charge is -2.21. The van der Waals surface area contributed by atoms with Gasteiger partial charge in [0.1, 0.15) is 5.01 Å². The number of aromatic nitrogens is 1. The van der Waals surface area contributed by atoms with Crippen LogP contribution in [0.5, 0.6) is 0 Å². The zero-order valence-electron chi connectivity index (χ0n) is 10.6. The number of nitrogens with one attached hydrogen (secondary N) is 1. The lowest BCUT2D eigenvalue weighted by molar-refractivity contribution is -0.124. The molecule has 96 valence electrons. The van der Waals surface area contributed by atoms with E-state index >= 15 is 0 Å². The van der Waals surface area contributed by atoms with Crippen molar-refractivity contribution in [2.45, 2.75) is 45.7 Å². The molecular weight excluding hydrogens is 234 g/mol. The van der Waals surface area contributed by atoms with Gasteiger partial charge in [0.15, 0.2) is 0 Å². The van der Waals surface area contributed by atoms with E-state index in [1.54, 1.807) is 17.5 Å². The summed E-state index contributed by atoms with van der Waals surface area (Å²) in [7, 11) is 0. The van der Waals surface area contributed by atoms with Crippen molar-refractivity contribution in [1.82, 2.24) is 10.3 Å². The van der Waals surface area contributed by atoms with Crippen LogP contribution < -0.4 is 11.1 Å². The summed E-state index contributed by atoms with van der Waals surface area (Å²) in [5.74, 6) is 0.116. The Bertz CT molecular complexity index is 340. The van der Waals surface area contributed by atoms with Crippen LogP contribution in [0.4, 0.5) is 0 Å². The van der Waals surface area contributed by atoms with Gasteiger partial charge in [-0.3, -0.25) is 4.79 Å². The van der Waals surface area contributed by atoms with Crippen LogP contribution in [0.2, 0.25) is 0 Å².